The van der Waals surface area contributed by atoms with Crippen LogP contribution in [0.4, 0.5) is 5.95 Å². The summed E-state index contributed by atoms with van der Waals surface area (Å²) in [5.74, 6) is 0.346. The summed E-state index contributed by atoms with van der Waals surface area (Å²) < 4.78 is 7.15. The molecule has 0 radical (unpaired) electrons. The molecule has 3 heterocycles. The molecule has 0 saturated carbocycles. The summed E-state index contributed by atoms with van der Waals surface area (Å²) in [4.78, 5) is 17.8. The number of thiophene rings is 1. The number of anilines is 1. The van der Waals surface area contributed by atoms with E-state index in [-0.39, 0.29) is 12.0 Å². The number of carbonyl (C=O) groups is 1. The van der Waals surface area contributed by atoms with Crippen LogP contribution in [0.1, 0.15) is 37.6 Å². The zero-order valence-corrected chi connectivity index (χ0v) is 13.4. The monoisotopic (exact) mass is 318 g/mol. The SMILES string of the molecule is CCCCOC(=O)C1=C(C)Nc2ncnn2[C@@H]1c1cccs1. The second-order valence-corrected chi connectivity index (χ2v) is 6.08. The standard InChI is InChI=1S/C15H18N4O2S/c1-3-4-7-21-14(20)12-10(2)18-15-16-9-17-19(15)13(12)11-6-5-8-22-11/h5-6,8-9,13H,3-4,7H2,1-2H3,(H,16,17,18)/t13-/m1/s1. The first kappa shape index (κ1) is 14.8. The first-order valence-electron chi connectivity index (χ1n) is 7.30. The van der Waals surface area contributed by atoms with Crippen LogP contribution in [0, 0.1) is 0 Å². The Bertz CT molecular complexity index is 690. The maximum Gasteiger partial charge on any atom is 0.338 e. The molecule has 6 nitrogen and oxygen atoms in total. The average molecular weight is 318 g/mol. The van der Waals surface area contributed by atoms with Gasteiger partial charge in [-0.15, -0.1) is 11.3 Å². The van der Waals surface area contributed by atoms with Gasteiger partial charge in [0.15, 0.2) is 0 Å². The highest BCUT2D eigenvalue weighted by molar-refractivity contribution is 7.10. The van der Waals surface area contributed by atoms with Gasteiger partial charge in [-0.2, -0.15) is 10.1 Å². The van der Waals surface area contributed by atoms with Crippen LogP contribution in [-0.2, 0) is 9.53 Å². The number of aromatic nitrogens is 3. The average Bonchev–Trinajstić information content (AvgIpc) is 3.16. The first-order valence-corrected chi connectivity index (χ1v) is 8.18. The van der Waals surface area contributed by atoms with Crippen molar-refractivity contribution in [3.8, 4) is 0 Å². The highest BCUT2D eigenvalue weighted by Gasteiger charge is 2.34. The molecule has 0 unspecified atom stereocenters. The quantitative estimate of drug-likeness (QED) is 0.678. The Labute approximate surface area is 132 Å². The summed E-state index contributed by atoms with van der Waals surface area (Å²) in [6.07, 6.45) is 3.34. The minimum absolute atomic E-state index is 0.284. The first-order chi connectivity index (χ1) is 10.7. The number of esters is 1. The van der Waals surface area contributed by atoms with E-state index in [0.717, 1.165) is 23.4 Å². The lowest BCUT2D eigenvalue weighted by Crippen LogP contribution is -2.29. The van der Waals surface area contributed by atoms with E-state index in [1.165, 1.54) is 6.33 Å². The molecule has 0 spiro atoms. The molecule has 1 aliphatic heterocycles. The van der Waals surface area contributed by atoms with Gasteiger partial charge in [0.25, 0.3) is 0 Å². The molecule has 1 N–H and O–H groups in total. The van der Waals surface area contributed by atoms with Crippen molar-refractivity contribution >= 4 is 23.3 Å². The minimum atomic E-state index is -0.294. The molecule has 3 rings (SSSR count). The topological polar surface area (TPSA) is 69.0 Å². The lowest BCUT2D eigenvalue weighted by Gasteiger charge is -2.27. The third kappa shape index (κ3) is 2.64. The van der Waals surface area contributed by atoms with Gasteiger partial charge >= 0.3 is 5.97 Å². The number of nitrogens with one attached hydrogen (secondary N) is 1. The van der Waals surface area contributed by atoms with E-state index >= 15 is 0 Å². The summed E-state index contributed by atoms with van der Waals surface area (Å²) in [7, 11) is 0. The fourth-order valence-electron chi connectivity index (χ4n) is 2.45. The molecule has 0 aromatic carbocycles. The molecule has 0 amide bonds. The van der Waals surface area contributed by atoms with Crippen molar-refractivity contribution in [2.75, 3.05) is 11.9 Å². The third-order valence-corrected chi connectivity index (χ3v) is 4.48. The van der Waals surface area contributed by atoms with E-state index in [1.807, 2.05) is 24.4 Å². The number of rotatable bonds is 5. The Kier molecular flexibility index (Phi) is 4.24. The molecule has 22 heavy (non-hydrogen) atoms. The van der Waals surface area contributed by atoms with Crippen molar-refractivity contribution in [1.82, 2.24) is 14.8 Å². The lowest BCUT2D eigenvalue weighted by molar-refractivity contribution is -0.139. The molecule has 2 aromatic heterocycles. The van der Waals surface area contributed by atoms with E-state index in [1.54, 1.807) is 16.0 Å². The number of nitrogens with zero attached hydrogens (tertiary/aromatic N) is 3. The van der Waals surface area contributed by atoms with Crippen molar-refractivity contribution in [3.05, 3.63) is 40.0 Å². The molecule has 0 saturated heterocycles. The maximum atomic E-state index is 12.5. The zero-order chi connectivity index (χ0) is 15.5. The fraction of sp³-hybridized carbons (Fsp3) is 0.400. The van der Waals surface area contributed by atoms with E-state index in [9.17, 15) is 4.79 Å². The summed E-state index contributed by atoms with van der Waals surface area (Å²) in [6.45, 7) is 4.37. The summed E-state index contributed by atoms with van der Waals surface area (Å²) >= 11 is 1.59. The maximum absolute atomic E-state index is 12.5. The molecule has 1 atom stereocenters. The van der Waals surface area contributed by atoms with E-state index in [0.29, 0.717) is 18.1 Å². The van der Waals surface area contributed by atoms with Crippen LogP contribution in [0.3, 0.4) is 0 Å². The van der Waals surface area contributed by atoms with Gasteiger partial charge in [0.1, 0.15) is 12.4 Å². The number of allylic oxidation sites excluding steroid dienone is 1. The number of carbonyl (C=O) groups excluding carboxylic acids is 1. The Balaban J connectivity index is 1.96. The molecule has 0 bridgehead atoms. The molecule has 7 heteroatoms. The summed E-state index contributed by atoms with van der Waals surface area (Å²) in [5.41, 5.74) is 1.36. The van der Waals surface area contributed by atoms with Crippen LogP contribution >= 0.6 is 11.3 Å². The van der Waals surface area contributed by atoms with Crippen molar-refractivity contribution in [2.45, 2.75) is 32.7 Å². The third-order valence-electron chi connectivity index (χ3n) is 3.56. The van der Waals surface area contributed by atoms with Crippen LogP contribution in [0.25, 0.3) is 0 Å². The van der Waals surface area contributed by atoms with Crippen molar-refractivity contribution in [3.63, 3.8) is 0 Å². The highest BCUT2D eigenvalue weighted by Crippen LogP contribution is 2.36. The Morgan fingerprint density at radius 3 is 3.14 bits per heavy atom. The van der Waals surface area contributed by atoms with Gasteiger partial charge in [0.05, 0.1) is 12.2 Å². The van der Waals surface area contributed by atoms with Gasteiger partial charge in [-0.3, -0.25) is 0 Å². The zero-order valence-electron chi connectivity index (χ0n) is 12.6. The van der Waals surface area contributed by atoms with Crippen LogP contribution in [-0.4, -0.2) is 27.3 Å². The Morgan fingerprint density at radius 2 is 2.41 bits per heavy atom. The lowest BCUT2D eigenvalue weighted by atomic mass is 10.0. The predicted octanol–water partition coefficient (Wildman–Crippen LogP) is 2.97. The Morgan fingerprint density at radius 1 is 1.55 bits per heavy atom. The molecule has 0 fully saturated rings. The molecular formula is C15H18N4O2S. The van der Waals surface area contributed by atoms with Gasteiger partial charge in [-0.05, 0) is 24.8 Å². The van der Waals surface area contributed by atoms with Crippen LogP contribution in [0.2, 0.25) is 0 Å². The number of ether oxygens (including phenoxy) is 1. The van der Waals surface area contributed by atoms with Crippen molar-refractivity contribution in [1.29, 1.82) is 0 Å². The smallest absolute Gasteiger partial charge is 0.338 e. The molecule has 1 aliphatic rings. The number of unbranched alkanes of at least 4 members (excludes halogenated alkanes) is 1. The summed E-state index contributed by atoms with van der Waals surface area (Å²) in [5, 5.41) is 9.38. The minimum Gasteiger partial charge on any atom is -0.462 e. The Hall–Kier alpha value is -2.15. The largest absolute Gasteiger partial charge is 0.462 e. The second kappa shape index (κ2) is 6.31. The number of fused-ring (bicyclic) bond motifs is 1. The molecule has 116 valence electrons. The van der Waals surface area contributed by atoms with Crippen molar-refractivity contribution < 1.29 is 9.53 Å². The van der Waals surface area contributed by atoms with Gasteiger partial charge in [-0.1, -0.05) is 19.4 Å². The molecular weight excluding hydrogens is 300 g/mol. The van der Waals surface area contributed by atoms with E-state index in [4.69, 9.17) is 4.74 Å². The van der Waals surface area contributed by atoms with Crippen LogP contribution in [0.15, 0.2) is 35.1 Å². The van der Waals surface area contributed by atoms with Gasteiger partial charge in [-0.25, -0.2) is 9.48 Å². The van der Waals surface area contributed by atoms with Crippen LogP contribution < -0.4 is 5.32 Å². The molecule has 0 aliphatic carbocycles. The fourth-order valence-corrected chi connectivity index (χ4v) is 3.27. The van der Waals surface area contributed by atoms with Crippen LogP contribution in [0.5, 0.6) is 0 Å². The van der Waals surface area contributed by atoms with Crippen molar-refractivity contribution in [2.24, 2.45) is 0 Å². The van der Waals surface area contributed by atoms with Gasteiger partial charge in [0.2, 0.25) is 5.95 Å². The van der Waals surface area contributed by atoms with Gasteiger partial charge in [0, 0.05) is 10.6 Å². The van der Waals surface area contributed by atoms with Gasteiger partial charge < -0.3 is 10.1 Å². The normalized spacial score (nSPS) is 17.1. The number of hydrogen-bond acceptors (Lipinski definition) is 6. The van der Waals surface area contributed by atoms with E-state index < -0.39 is 0 Å². The predicted molar refractivity (Wildman–Crippen MR) is 84.7 cm³/mol. The van der Waals surface area contributed by atoms with E-state index in [2.05, 4.69) is 22.3 Å². The highest BCUT2D eigenvalue weighted by atomic mass is 32.1. The second-order valence-electron chi connectivity index (χ2n) is 5.10. The molecule has 2 aromatic rings. The number of hydrogen-bond donors (Lipinski definition) is 1. The summed E-state index contributed by atoms with van der Waals surface area (Å²) in [6, 6.07) is 3.68.